The van der Waals surface area contributed by atoms with Crippen molar-refractivity contribution in [1.29, 1.82) is 0 Å². The number of anilines is 3. The molecule has 0 aliphatic heterocycles. The van der Waals surface area contributed by atoms with E-state index < -0.39 is 0 Å². The number of nitrogens with zero attached hydrogens (tertiary/aromatic N) is 2. The first-order chi connectivity index (χ1) is 25.7. The second-order valence-electron chi connectivity index (χ2n) is 13.3. The second kappa shape index (κ2) is 12.2. The van der Waals surface area contributed by atoms with E-state index in [4.69, 9.17) is 4.98 Å². The zero-order valence-corrected chi connectivity index (χ0v) is 28.2. The van der Waals surface area contributed by atoms with Crippen LogP contribution >= 0.6 is 0 Å². The fourth-order valence-electron chi connectivity index (χ4n) is 7.91. The number of fused-ring (bicyclic) bond motifs is 2. The summed E-state index contributed by atoms with van der Waals surface area (Å²) in [5.41, 5.74) is 9.11. The molecule has 0 aliphatic carbocycles. The molecule has 2 nitrogen and oxygen atoms in total. The van der Waals surface area contributed by atoms with E-state index in [2.05, 4.69) is 78.9 Å². The molecule has 0 saturated heterocycles. The van der Waals surface area contributed by atoms with Gasteiger partial charge in [0.05, 0.1) is 11.2 Å². The predicted octanol–water partition coefficient (Wildman–Crippen LogP) is 13.7. The van der Waals surface area contributed by atoms with Crippen LogP contribution in [0.5, 0.6) is 0 Å². The van der Waals surface area contributed by atoms with Crippen molar-refractivity contribution in [3.8, 4) is 33.4 Å². The first-order valence-electron chi connectivity index (χ1n) is 17.6. The number of aromatic nitrogens is 1. The maximum atomic E-state index is 16.9. The highest BCUT2D eigenvalue weighted by Gasteiger charge is 2.23. The summed E-state index contributed by atoms with van der Waals surface area (Å²) in [6.45, 7) is 0. The monoisotopic (exact) mass is 666 g/mol. The molecule has 1 aromatic heterocycles. The van der Waals surface area contributed by atoms with Gasteiger partial charge in [0.1, 0.15) is 5.82 Å². The molecule has 0 aliphatic rings. The van der Waals surface area contributed by atoms with Gasteiger partial charge >= 0.3 is 0 Å². The van der Waals surface area contributed by atoms with E-state index >= 15 is 4.39 Å². The number of benzene rings is 9. The molecule has 0 N–H and O–H groups in total. The highest BCUT2D eigenvalue weighted by molar-refractivity contribution is 6.30. The molecule has 0 atom stereocenters. The number of rotatable bonds is 6. The summed E-state index contributed by atoms with van der Waals surface area (Å²) < 4.78 is 16.9. The molecule has 0 saturated carbocycles. The molecule has 244 valence electrons. The van der Waals surface area contributed by atoms with Crippen LogP contribution in [-0.4, -0.2) is 4.98 Å². The zero-order chi connectivity index (χ0) is 34.6. The van der Waals surface area contributed by atoms with E-state index in [0.717, 1.165) is 55.7 Å². The van der Waals surface area contributed by atoms with Crippen LogP contribution in [-0.2, 0) is 0 Å². The molecule has 3 heteroatoms. The van der Waals surface area contributed by atoms with Crippen LogP contribution in [0.1, 0.15) is 0 Å². The smallest absolute Gasteiger partial charge is 0.148 e. The van der Waals surface area contributed by atoms with Crippen LogP contribution in [0.15, 0.2) is 188 Å². The summed E-state index contributed by atoms with van der Waals surface area (Å²) in [6, 6.07) is 62.2. The normalized spacial score (nSPS) is 11.6. The van der Waals surface area contributed by atoms with Gasteiger partial charge in [-0.25, -0.2) is 4.39 Å². The second-order valence-corrected chi connectivity index (χ2v) is 13.3. The number of hydrogen-bond acceptors (Lipinski definition) is 2. The van der Waals surface area contributed by atoms with Crippen LogP contribution in [0.4, 0.5) is 21.5 Å². The summed E-state index contributed by atoms with van der Waals surface area (Å²) in [7, 11) is 0. The maximum Gasteiger partial charge on any atom is 0.148 e. The minimum atomic E-state index is -0.290. The van der Waals surface area contributed by atoms with Gasteiger partial charge < -0.3 is 4.90 Å². The van der Waals surface area contributed by atoms with Crippen LogP contribution in [0.25, 0.3) is 76.6 Å². The van der Waals surface area contributed by atoms with Crippen molar-refractivity contribution in [2.45, 2.75) is 0 Å². The van der Waals surface area contributed by atoms with E-state index in [-0.39, 0.29) is 5.82 Å². The molecular formula is C49H31FN2. The summed E-state index contributed by atoms with van der Waals surface area (Å²) >= 11 is 0. The first-order valence-corrected chi connectivity index (χ1v) is 17.6. The quantitative estimate of drug-likeness (QED) is 0.130. The number of pyridine rings is 1. The Hall–Kier alpha value is -6.84. The zero-order valence-electron chi connectivity index (χ0n) is 28.2. The number of para-hydroxylation sites is 1. The van der Waals surface area contributed by atoms with E-state index in [0.29, 0.717) is 5.69 Å². The minimum absolute atomic E-state index is 0.290. The van der Waals surface area contributed by atoms with Crippen molar-refractivity contribution >= 4 is 60.3 Å². The SMILES string of the molecule is Fc1cc(-c2ccccc2)cc(-c2ccccc2)c1N(c1ccccc1)c1ccc(-c2ccc3ccc4cc5cccnc5c5ccc2c3c45)cc1. The predicted molar refractivity (Wildman–Crippen MR) is 216 cm³/mol. The maximum absolute atomic E-state index is 16.9. The lowest BCUT2D eigenvalue weighted by atomic mass is 9.89. The van der Waals surface area contributed by atoms with Gasteiger partial charge in [0.15, 0.2) is 0 Å². The van der Waals surface area contributed by atoms with Gasteiger partial charge in [0.2, 0.25) is 0 Å². The van der Waals surface area contributed by atoms with Crippen molar-refractivity contribution in [3.63, 3.8) is 0 Å². The highest BCUT2D eigenvalue weighted by Crippen LogP contribution is 2.46. The van der Waals surface area contributed by atoms with Crippen molar-refractivity contribution in [2.75, 3.05) is 4.90 Å². The lowest BCUT2D eigenvalue weighted by molar-refractivity contribution is 0.630. The summed E-state index contributed by atoms with van der Waals surface area (Å²) in [6.07, 6.45) is 1.87. The number of halogens is 1. The van der Waals surface area contributed by atoms with E-state index in [1.54, 1.807) is 6.07 Å². The molecular weight excluding hydrogens is 636 g/mol. The third-order valence-electron chi connectivity index (χ3n) is 10.3. The molecule has 10 rings (SSSR count). The van der Waals surface area contributed by atoms with Gasteiger partial charge in [0.25, 0.3) is 0 Å². The molecule has 0 amide bonds. The third kappa shape index (κ3) is 4.90. The molecule has 10 aromatic rings. The fourth-order valence-corrected chi connectivity index (χ4v) is 7.91. The van der Waals surface area contributed by atoms with Gasteiger partial charge in [-0.15, -0.1) is 0 Å². The van der Waals surface area contributed by atoms with Gasteiger partial charge in [-0.1, -0.05) is 133 Å². The molecule has 0 fully saturated rings. The largest absolute Gasteiger partial charge is 0.307 e. The Balaban J connectivity index is 1.14. The molecule has 52 heavy (non-hydrogen) atoms. The van der Waals surface area contributed by atoms with Gasteiger partial charge in [-0.2, -0.15) is 0 Å². The molecule has 0 bridgehead atoms. The number of hydrogen-bond donors (Lipinski definition) is 0. The van der Waals surface area contributed by atoms with Crippen LogP contribution in [0.2, 0.25) is 0 Å². The molecule has 0 spiro atoms. The third-order valence-corrected chi connectivity index (χ3v) is 10.3. The average Bonchev–Trinajstić information content (AvgIpc) is 3.21. The van der Waals surface area contributed by atoms with Crippen LogP contribution < -0.4 is 4.90 Å². The lowest BCUT2D eigenvalue weighted by Gasteiger charge is -2.29. The van der Waals surface area contributed by atoms with Crippen molar-refractivity contribution < 1.29 is 4.39 Å². The Bertz CT molecular complexity index is 2890. The molecule has 9 aromatic carbocycles. The Morgan fingerprint density at radius 1 is 0.404 bits per heavy atom. The molecule has 0 radical (unpaired) electrons. The Kier molecular flexibility index (Phi) is 7.04. The molecule has 0 unspecified atom stereocenters. The lowest BCUT2D eigenvalue weighted by Crippen LogP contribution is -2.13. The van der Waals surface area contributed by atoms with Gasteiger partial charge in [-0.3, -0.25) is 4.98 Å². The van der Waals surface area contributed by atoms with Crippen molar-refractivity contribution in [1.82, 2.24) is 4.98 Å². The van der Waals surface area contributed by atoms with Crippen LogP contribution in [0, 0.1) is 5.82 Å². The Morgan fingerprint density at radius 2 is 1.02 bits per heavy atom. The average molecular weight is 667 g/mol. The topological polar surface area (TPSA) is 16.1 Å². The Labute approximate surface area is 301 Å². The van der Waals surface area contributed by atoms with Gasteiger partial charge in [0, 0.05) is 33.9 Å². The minimum Gasteiger partial charge on any atom is -0.307 e. The van der Waals surface area contributed by atoms with E-state index in [1.165, 1.54) is 32.3 Å². The molecule has 1 heterocycles. The summed E-state index contributed by atoms with van der Waals surface area (Å²) in [5, 5.41) is 8.45. The van der Waals surface area contributed by atoms with Crippen molar-refractivity contribution in [3.05, 3.63) is 194 Å². The Morgan fingerprint density at radius 3 is 1.79 bits per heavy atom. The standard InChI is InChI=1S/C49H31FN2/c50-45-31-38(32-11-4-1-5-12-32)30-44(33-13-6-2-7-14-33)49(45)52(39-16-8-3-9-17-39)40-23-20-34(21-24-40)41-25-22-35-18-19-36-29-37-15-10-28-51-48(37)43-27-26-42(41)46(35)47(36)43/h1-31H. The van der Waals surface area contributed by atoms with E-state index in [9.17, 15) is 0 Å². The van der Waals surface area contributed by atoms with Gasteiger partial charge in [-0.05, 0) is 103 Å². The fraction of sp³-hybridized carbons (Fsp3) is 0. The first kappa shape index (κ1) is 30.0. The van der Waals surface area contributed by atoms with E-state index in [1.807, 2.05) is 108 Å². The van der Waals surface area contributed by atoms with Crippen molar-refractivity contribution in [2.24, 2.45) is 0 Å². The summed E-state index contributed by atoms with van der Waals surface area (Å²) in [4.78, 5) is 6.80. The summed E-state index contributed by atoms with van der Waals surface area (Å²) in [5.74, 6) is -0.290. The highest BCUT2D eigenvalue weighted by atomic mass is 19.1. The van der Waals surface area contributed by atoms with Crippen LogP contribution in [0.3, 0.4) is 0 Å².